The van der Waals surface area contributed by atoms with Gasteiger partial charge in [-0.05, 0) is 37.3 Å². The maximum atomic E-state index is 12.8. The van der Waals surface area contributed by atoms with Crippen molar-refractivity contribution in [3.05, 3.63) is 23.9 Å². The van der Waals surface area contributed by atoms with Crippen molar-refractivity contribution in [2.24, 2.45) is 11.8 Å². The van der Waals surface area contributed by atoms with Crippen molar-refractivity contribution in [3.63, 3.8) is 0 Å². The van der Waals surface area contributed by atoms with Crippen LogP contribution in [0.3, 0.4) is 0 Å². The SMILES string of the molecule is CC[C@]1(O)CCC[C@H]2CN(c3cc(C(=O)N4CCOCC4)ccn3)C[C@H]21. The van der Waals surface area contributed by atoms with Gasteiger partial charge in [0.05, 0.1) is 18.8 Å². The molecule has 1 aromatic rings. The van der Waals surface area contributed by atoms with Gasteiger partial charge >= 0.3 is 0 Å². The summed E-state index contributed by atoms with van der Waals surface area (Å²) in [6.07, 6.45) is 5.72. The maximum Gasteiger partial charge on any atom is 0.254 e. The molecule has 0 aromatic carbocycles. The van der Waals surface area contributed by atoms with Gasteiger partial charge < -0.3 is 19.6 Å². The molecule has 0 bridgehead atoms. The predicted octanol–water partition coefficient (Wildman–Crippen LogP) is 1.93. The molecule has 6 heteroatoms. The van der Waals surface area contributed by atoms with E-state index in [1.54, 1.807) is 12.3 Å². The normalized spacial score (nSPS) is 31.8. The van der Waals surface area contributed by atoms with Crippen molar-refractivity contribution in [1.82, 2.24) is 9.88 Å². The van der Waals surface area contributed by atoms with Crippen LogP contribution in [0.2, 0.25) is 0 Å². The van der Waals surface area contributed by atoms with Crippen molar-refractivity contribution in [1.29, 1.82) is 0 Å². The summed E-state index contributed by atoms with van der Waals surface area (Å²) in [7, 11) is 0. The van der Waals surface area contributed by atoms with Crippen LogP contribution >= 0.6 is 0 Å². The van der Waals surface area contributed by atoms with E-state index in [0.29, 0.717) is 43.7 Å². The van der Waals surface area contributed by atoms with Gasteiger partial charge in [-0.15, -0.1) is 0 Å². The van der Waals surface area contributed by atoms with Gasteiger partial charge in [0.1, 0.15) is 5.82 Å². The molecular weight excluding hydrogens is 330 g/mol. The summed E-state index contributed by atoms with van der Waals surface area (Å²) < 4.78 is 5.34. The second-order valence-corrected chi connectivity index (χ2v) is 7.93. The first-order valence-corrected chi connectivity index (χ1v) is 9.91. The molecule has 0 radical (unpaired) electrons. The molecule has 142 valence electrons. The summed E-state index contributed by atoms with van der Waals surface area (Å²) in [5, 5.41) is 11.0. The Morgan fingerprint density at radius 1 is 1.38 bits per heavy atom. The lowest BCUT2D eigenvalue weighted by Crippen LogP contribution is -2.44. The molecule has 3 atom stereocenters. The van der Waals surface area contributed by atoms with Gasteiger partial charge in [0.25, 0.3) is 5.91 Å². The number of ether oxygens (including phenoxy) is 1. The molecule has 0 unspecified atom stereocenters. The second-order valence-electron chi connectivity index (χ2n) is 7.93. The summed E-state index contributed by atoms with van der Waals surface area (Å²) in [5.74, 6) is 1.74. The maximum absolute atomic E-state index is 12.8. The first kappa shape index (κ1) is 17.7. The van der Waals surface area contributed by atoms with Crippen molar-refractivity contribution in [2.45, 2.75) is 38.2 Å². The molecule has 1 amide bonds. The van der Waals surface area contributed by atoms with Gasteiger partial charge in [-0.2, -0.15) is 0 Å². The molecular formula is C20H29N3O3. The van der Waals surface area contributed by atoms with E-state index in [0.717, 1.165) is 38.2 Å². The van der Waals surface area contributed by atoms with E-state index in [4.69, 9.17) is 4.74 Å². The second kappa shape index (κ2) is 7.16. The minimum absolute atomic E-state index is 0.0543. The van der Waals surface area contributed by atoms with Crippen molar-refractivity contribution in [3.8, 4) is 0 Å². The third-order valence-electron chi connectivity index (χ3n) is 6.54. The van der Waals surface area contributed by atoms with Gasteiger partial charge in [0.2, 0.25) is 0 Å². The molecule has 0 spiro atoms. The lowest BCUT2D eigenvalue weighted by molar-refractivity contribution is -0.0597. The Balaban J connectivity index is 1.51. The Hall–Kier alpha value is -1.66. The number of carbonyl (C=O) groups is 1. The number of carbonyl (C=O) groups excluding carboxylic acids is 1. The highest BCUT2D eigenvalue weighted by molar-refractivity contribution is 5.95. The van der Waals surface area contributed by atoms with E-state index in [-0.39, 0.29) is 5.91 Å². The summed E-state index contributed by atoms with van der Waals surface area (Å²) >= 11 is 0. The fraction of sp³-hybridized carbons (Fsp3) is 0.700. The number of hydrogen-bond acceptors (Lipinski definition) is 5. The lowest BCUT2D eigenvalue weighted by Gasteiger charge is -2.40. The number of aliphatic hydroxyl groups is 1. The Morgan fingerprint density at radius 3 is 2.96 bits per heavy atom. The number of fused-ring (bicyclic) bond motifs is 1. The number of aromatic nitrogens is 1. The molecule has 1 N–H and O–H groups in total. The van der Waals surface area contributed by atoms with E-state index in [1.165, 1.54) is 6.42 Å². The van der Waals surface area contributed by atoms with Crippen LogP contribution < -0.4 is 4.90 Å². The fourth-order valence-electron chi connectivity index (χ4n) is 4.93. The topological polar surface area (TPSA) is 65.9 Å². The Bertz CT molecular complexity index is 661. The first-order chi connectivity index (χ1) is 12.6. The van der Waals surface area contributed by atoms with Gasteiger partial charge in [0.15, 0.2) is 0 Å². The van der Waals surface area contributed by atoms with Crippen LogP contribution in [0.25, 0.3) is 0 Å². The molecule has 3 aliphatic rings. The molecule has 4 rings (SSSR count). The quantitative estimate of drug-likeness (QED) is 0.893. The van der Waals surface area contributed by atoms with Crippen molar-refractivity contribution in [2.75, 3.05) is 44.3 Å². The zero-order valence-electron chi connectivity index (χ0n) is 15.6. The van der Waals surface area contributed by atoms with Crippen LogP contribution in [-0.4, -0.2) is 65.9 Å². The summed E-state index contributed by atoms with van der Waals surface area (Å²) in [4.78, 5) is 21.4. The Labute approximate surface area is 155 Å². The molecule has 3 heterocycles. The molecule has 2 saturated heterocycles. The Morgan fingerprint density at radius 2 is 2.19 bits per heavy atom. The number of pyridine rings is 1. The monoisotopic (exact) mass is 359 g/mol. The predicted molar refractivity (Wildman–Crippen MR) is 99.2 cm³/mol. The van der Waals surface area contributed by atoms with Gasteiger partial charge in [-0.3, -0.25) is 4.79 Å². The van der Waals surface area contributed by atoms with Gasteiger partial charge in [-0.1, -0.05) is 13.3 Å². The average Bonchev–Trinajstić information content (AvgIpc) is 3.14. The van der Waals surface area contributed by atoms with E-state index in [1.807, 2.05) is 11.0 Å². The van der Waals surface area contributed by atoms with E-state index in [2.05, 4.69) is 16.8 Å². The molecule has 26 heavy (non-hydrogen) atoms. The largest absolute Gasteiger partial charge is 0.390 e. The van der Waals surface area contributed by atoms with Gasteiger partial charge in [0, 0.05) is 43.9 Å². The highest BCUT2D eigenvalue weighted by Gasteiger charge is 2.48. The number of anilines is 1. The van der Waals surface area contributed by atoms with Crippen molar-refractivity contribution >= 4 is 11.7 Å². The van der Waals surface area contributed by atoms with Crippen LogP contribution in [0.5, 0.6) is 0 Å². The lowest BCUT2D eigenvalue weighted by atomic mass is 9.69. The number of rotatable bonds is 3. The van der Waals surface area contributed by atoms with E-state index < -0.39 is 5.60 Å². The molecule has 3 fully saturated rings. The number of amides is 1. The number of hydrogen-bond donors (Lipinski definition) is 1. The highest BCUT2D eigenvalue weighted by atomic mass is 16.5. The number of morpholine rings is 1. The fourth-order valence-corrected chi connectivity index (χ4v) is 4.93. The third-order valence-corrected chi connectivity index (χ3v) is 6.54. The van der Waals surface area contributed by atoms with Crippen LogP contribution in [0.15, 0.2) is 18.3 Å². The number of nitrogens with zero attached hydrogens (tertiary/aromatic N) is 3. The molecule has 2 aliphatic heterocycles. The summed E-state index contributed by atoms with van der Waals surface area (Å²) in [5.41, 5.74) is 0.149. The van der Waals surface area contributed by atoms with Crippen molar-refractivity contribution < 1.29 is 14.6 Å². The minimum atomic E-state index is -0.543. The summed E-state index contributed by atoms with van der Waals surface area (Å²) in [6, 6.07) is 3.72. The molecule has 1 aromatic heterocycles. The van der Waals surface area contributed by atoms with Crippen LogP contribution in [0.4, 0.5) is 5.82 Å². The van der Waals surface area contributed by atoms with E-state index >= 15 is 0 Å². The van der Waals surface area contributed by atoms with Crippen LogP contribution in [-0.2, 0) is 4.74 Å². The third kappa shape index (κ3) is 3.21. The molecule has 1 aliphatic carbocycles. The highest BCUT2D eigenvalue weighted by Crippen LogP contribution is 2.45. The zero-order valence-corrected chi connectivity index (χ0v) is 15.6. The molecule has 1 saturated carbocycles. The minimum Gasteiger partial charge on any atom is -0.390 e. The standard InChI is InChI=1S/C20H29N3O3/c1-2-20(25)6-3-4-16-13-23(14-17(16)20)18-12-15(5-7-21-18)19(24)22-8-10-26-11-9-22/h5,7,12,16-17,25H,2-4,6,8-11,13-14H2,1H3/t16-,17+,20-/m0/s1. The smallest absolute Gasteiger partial charge is 0.254 e. The Kier molecular flexibility index (Phi) is 4.88. The van der Waals surface area contributed by atoms with E-state index in [9.17, 15) is 9.90 Å². The van der Waals surface area contributed by atoms with Crippen LogP contribution in [0.1, 0.15) is 43.0 Å². The van der Waals surface area contributed by atoms with Crippen LogP contribution in [0, 0.1) is 11.8 Å². The average molecular weight is 359 g/mol. The van der Waals surface area contributed by atoms with Gasteiger partial charge in [-0.25, -0.2) is 4.98 Å². The summed E-state index contributed by atoms with van der Waals surface area (Å²) in [6.45, 7) is 6.35. The zero-order chi connectivity index (χ0) is 18.1. The first-order valence-electron chi connectivity index (χ1n) is 9.91. The molecule has 6 nitrogen and oxygen atoms in total.